The van der Waals surface area contributed by atoms with Crippen LogP contribution in [0.15, 0.2) is 23.6 Å². The van der Waals surface area contributed by atoms with E-state index in [0.717, 1.165) is 33.3 Å². The molecule has 0 aliphatic rings. The molecule has 1 heterocycles. The average Bonchev–Trinajstić information content (AvgIpc) is 2.62. The zero-order valence-electron chi connectivity index (χ0n) is 9.90. The van der Waals surface area contributed by atoms with Gasteiger partial charge in [0.1, 0.15) is 0 Å². The number of aryl methyl sites for hydroxylation is 2. The van der Waals surface area contributed by atoms with Crippen molar-refractivity contribution < 1.29 is 0 Å². The van der Waals surface area contributed by atoms with Gasteiger partial charge in [-0.1, -0.05) is 17.7 Å². The van der Waals surface area contributed by atoms with E-state index in [0.29, 0.717) is 0 Å². The molecule has 0 bridgehead atoms. The Morgan fingerprint density at radius 3 is 2.71 bits per heavy atom. The first-order valence-corrected chi connectivity index (χ1v) is 6.74. The normalized spacial score (nSPS) is 12.7. The van der Waals surface area contributed by atoms with Gasteiger partial charge in [0.15, 0.2) is 0 Å². The van der Waals surface area contributed by atoms with Crippen LogP contribution >= 0.6 is 22.9 Å². The molecule has 0 saturated heterocycles. The van der Waals surface area contributed by atoms with Gasteiger partial charge >= 0.3 is 0 Å². The zero-order valence-corrected chi connectivity index (χ0v) is 11.5. The van der Waals surface area contributed by atoms with E-state index in [4.69, 9.17) is 17.3 Å². The Hall–Kier alpha value is -0.900. The summed E-state index contributed by atoms with van der Waals surface area (Å²) in [6.07, 6.45) is 0.754. The van der Waals surface area contributed by atoms with Crippen LogP contribution in [-0.4, -0.2) is 4.98 Å². The Morgan fingerprint density at radius 2 is 2.12 bits per heavy atom. The van der Waals surface area contributed by atoms with E-state index < -0.39 is 0 Å². The van der Waals surface area contributed by atoms with Crippen molar-refractivity contribution in [3.8, 4) is 0 Å². The number of benzene rings is 1. The molecule has 0 saturated carbocycles. The molecule has 0 fully saturated rings. The number of aromatic nitrogens is 1. The first-order valence-electron chi connectivity index (χ1n) is 5.48. The van der Waals surface area contributed by atoms with Crippen molar-refractivity contribution in [3.05, 3.63) is 50.4 Å². The third-order valence-electron chi connectivity index (χ3n) is 2.59. The zero-order chi connectivity index (χ0) is 12.4. The van der Waals surface area contributed by atoms with Crippen molar-refractivity contribution in [2.75, 3.05) is 0 Å². The largest absolute Gasteiger partial charge is 0.324 e. The molecule has 2 nitrogen and oxygen atoms in total. The highest BCUT2D eigenvalue weighted by molar-refractivity contribution is 7.09. The lowest BCUT2D eigenvalue weighted by molar-refractivity contribution is 0.708. The Kier molecular flexibility index (Phi) is 3.82. The molecule has 1 aromatic carbocycles. The lowest BCUT2D eigenvalue weighted by atomic mass is 10.0. The molecule has 4 heteroatoms. The fourth-order valence-corrected chi connectivity index (χ4v) is 2.75. The van der Waals surface area contributed by atoms with Crippen molar-refractivity contribution in [1.29, 1.82) is 0 Å². The number of thiazole rings is 1. The smallest absolute Gasteiger partial charge is 0.0897 e. The van der Waals surface area contributed by atoms with E-state index in [-0.39, 0.29) is 6.04 Å². The molecular formula is C13H15ClN2S. The van der Waals surface area contributed by atoms with E-state index in [1.165, 1.54) is 0 Å². The van der Waals surface area contributed by atoms with Crippen LogP contribution in [0.1, 0.15) is 27.9 Å². The third-order valence-corrected chi connectivity index (χ3v) is 3.63. The van der Waals surface area contributed by atoms with Gasteiger partial charge in [-0.2, -0.15) is 0 Å². The van der Waals surface area contributed by atoms with Gasteiger partial charge in [0.2, 0.25) is 0 Å². The molecule has 1 aromatic heterocycles. The van der Waals surface area contributed by atoms with Crippen LogP contribution in [0.5, 0.6) is 0 Å². The van der Waals surface area contributed by atoms with Crippen LogP contribution in [0.25, 0.3) is 0 Å². The van der Waals surface area contributed by atoms with E-state index in [2.05, 4.69) is 16.4 Å². The SMILES string of the molecule is Cc1cc(Cl)cc(C(N)Cc2csc(C)n2)c1. The predicted octanol–water partition coefficient (Wildman–Crippen LogP) is 3.66. The summed E-state index contributed by atoms with van der Waals surface area (Å²) < 4.78 is 0. The van der Waals surface area contributed by atoms with Crippen LogP contribution in [0, 0.1) is 13.8 Å². The Morgan fingerprint density at radius 1 is 1.35 bits per heavy atom. The fraction of sp³-hybridized carbons (Fsp3) is 0.308. The quantitative estimate of drug-likeness (QED) is 0.921. The molecule has 17 heavy (non-hydrogen) atoms. The number of halogens is 1. The monoisotopic (exact) mass is 266 g/mol. The summed E-state index contributed by atoms with van der Waals surface area (Å²) >= 11 is 7.69. The summed E-state index contributed by atoms with van der Waals surface area (Å²) in [6.45, 7) is 4.03. The van der Waals surface area contributed by atoms with Gasteiger partial charge in [-0.15, -0.1) is 11.3 Å². The molecule has 90 valence electrons. The third kappa shape index (κ3) is 3.28. The van der Waals surface area contributed by atoms with Gasteiger partial charge < -0.3 is 5.73 Å². The molecule has 1 atom stereocenters. The highest BCUT2D eigenvalue weighted by Gasteiger charge is 2.10. The maximum absolute atomic E-state index is 6.18. The van der Waals surface area contributed by atoms with Gasteiger partial charge in [-0.25, -0.2) is 4.98 Å². The summed E-state index contributed by atoms with van der Waals surface area (Å²) in [7, 11) is 0. The average molecular weight is 267 g/mol. The topological polar surface area (TPSA) is 38.9 Å². The van der Waals surface area contributed by atoms with E-state index >= 15 is 0 Å². The van der Waals surface area contributed by atoms with Gasteiger partial charge in [0.25, 0.3) is 0 Å². The highest BCUT2D eigenvalue weighted by atomic mass is 35.5. The first-order chi connectivity index (χ1) is 8.04. The second kappa shape index (κ2) is 5.17. The second-order valence-corrected chi connectivity index (χ2v) is 5.73. The molecule has 0 aliphatic heterocycles. The maximum Gasteiger partial charge on any atom is 0.0897 e. The molecule has 0 spiro atoms. The summed E-state index contributed by atoms with van der Waals surface area (Å²) in [4.78, 5) is 4.43. The second-order valence-electron chi connectivity index (χ2n) is 4.23. The number of nitrogens with two attached hydrogens (primary N) is 1. The van der Waals surface area contributed by atoms with Crippen LogP contribution in [0.4, 0.5) is 0 Å². The van der Waals surface area contributed by atoms with Crippen molar-refractivity contribution in [2.45, 2.75) is 26.3 Å². The lowest BCUT2D eigenvalue weighted by Crippen LogP contribution is -2.13. The van der Waals surface area contributed by atoms with Gasteiger partial charge in [0.05, 0.1) is 10.7 Å². The molecule has 2 aromatic rings. The summed E-state index contributed by atoms with van der Waals surface area (Å²) in [5, 5.41) is 3.88. The maximum atomic E-state index is 6.18. The first kappa shape index (κ1) is 12.6. The molecular weight excluding hydrogens is 252 g/mol. The Balaban J connectivity index is 2.16. The predicted molar refractivity (Wildman–Crippen MR) is 73.7 cm³/mol. The molecule has 0 aliphatic carbocycles. The van der Waals surface area contributed by atoms with Gasteiger partial charge in [0, 0.05) is 22.9 Å². The Labute approximate surface area is 110 Å². The summed E-state index contributed by atoms with van der Waals surface area (Å²) in [5.41, 5.74) is 9.44. The number of rotatable bonds is 3. The van der Waals surface area contributed by atoms with Crippen molar-refractivity contribution in [1.82, 2.24) is 4.98 Å². The minimum atomic E-state index is -0.0473. The van der Waals surface area contributed by atoms with Gasteiger partial charge in [-0.3, -0.25) is 0 Å². The Bertz CT molecular complexity index is 502. The molecule has 1 unspecified atom stereocenters. The molecule has 2 rings (SSSR count). The minimum Gasteiger partial charge on any atom is -0.324 e. The van der Waals surface area contributed by atoms with Crippen LogP contribution in [0.3, 0.4) is 0 Å². The number of hydrogen-bond donors (Lipinski definition) is 1. The molecule has 0 radical (unpaired) electrons. The van der Waals surface area contributed by atoms with E-state index in [1.807, 2.05) is 26.0 Å². The molecule has 2 N–H and O–H groups in total. The van der Waals surface area contributed by atoms with Crippen LogP contribution < -0.4 is 5.73 Å². The number of nitrogens with zero attached hydrogens (tertiary/aromatic N) is 1. The lowest BCUT2D eigenvalue weighted by Gasteiger charge is -2.12. The summed E-state index contributed by atoms with van der Waals surface area (Å²) in [6, 6.07) is 5.90. The fourth-order valence-electron chi connectivity index (χ4n) is 1.82. The van der Waals surface area contributed by atoms with Crippen LogP contribution in [0.2, 0.25) is 5.02 Å². The van der Waals surface area contributed by atoms with Crippen molar-refractivity contribution >= 4 is 22.9 Å². The summed E-state index contributed by atoms with van der Waals surface area (Å²) in [5.74, 6) is 0. The van der Waals surface area contributed by atoms with Crippen molar-refractivity contribution in [3.63, 3.8) is 0 Å². The van der Waals surface area contributed by atoms with Gasteiger partial charge in [-0.05, 0) is 37.1 Å². The standard InChI is InChI=1S/C13H15ClN2S/c1-8-3-10(5-11(14)4-8)13(15)6-12-7-17-9(2)16-12/h3-5,7,13H,6,15H2,1-2H3. The van der Waals surface area contributed by atoms with E-state index in [1.54, 1.807) is 11.3 Å². The number of hydrogen-bond acceptors (Lipinski definition) is 3. The molecule has 0 amide bonds. The van der Waals surface area contributed by atoms with E-state index in [9.17, 15) is 0 Å². The minimum absolute atomic E-state index is 0.0473. The highest BCUT2D eigenvalue weighted by Crippen LogP contribution is 2.22. The van der Waals surface area contributed by atoms with Crippen LogP contribution in [-0.2, 0) is 6.42 Å². The van der Waals surface area contributed by atoms with Crippen molar-refractivity contribution in [2.24, 2.45) is 5.73 Å².